The Bertz CT molecular complexity index is 546. The summed E-state index contributed by atoms with van der Waals surface area (Å²) in [7, 11) is 0. The van der Waals surface area contributed by atoms with Crippen LogP contribution in [0.4, 0.5) is 14.5 Å². The maximum absolute atomic E-state index is 12.9. The fourth-order valence-corrected chi connectivity index (χ4v) is 2.60. The molecule has 1 aromatic carbocycles. The Kier molecular flexibility index (Phi) is 2.28. The van der Waals surface area contributed by atoms with E-state index in [0.29, 0.717) is 16.6 Å². The van der Waals surface area contributed by atoms with Gasteiger partial charge in [-0.25, -0.2) is 0 Å². The maximum Gasteiger partial charge on any atom is 0.586 e. The molecule has 1 N–H and O–H groups in total. The van der Waals surface area contributed by atoms with Gasteiger partial charge >= 0.3 is 6.29 Å². The van der Waals surface area contributed by atoms with Crippen molar-refractivity contribution in [3.05, 3.63) is 30.5 Å². The minimum absolute atomic E-state index is 0.00672. The zero-order chi connectivity index (χ0) is 12.9. The molecule has 2 aliphatic rings. The zero-order valence-electron chi connectivity index (χ0n) is 9.07. The van der Waals surface area contributed by atoms with Crippen molar-refractivity contribution in [2.24, 2.45) is 0 Å². The predicted octanol–water partition coefficient (Wildman–Crippen LogP) is 3.01. The van der Waals surface area contributed by atoms with Crippen molar-refractivity contribution < 1.29 is 18.3 Å². The molecule has 1 aromatic rings. The zero-order valence-corrected chi connectivity index (χ0v) is 9.89. The average molecular weight is 270 g/mol. The van der Waals surface area contributed by atoms with Gasteiger partial charge in [0.25, 0.3) is 0 Å². The van der Waals surface area contributed by atoms with E-state index >= 15 is 0 Å². The summed E-state index contributed by atoms with van der Waals surface area (Å²) in [6, 6.07) is 4.41. The van der Waals surface area contributed by atoms with Crippen molar-refractivity contribution in [3.63, 3.8) is 0 Å². The molecule has 1 saturated heterocycles. The number of rotatable bonds is 1. The summed E-state index contributed by atoms with van der Waals surface area (Å²) in [5.41, 5.74) is 1.30. The van der Waals surface area contributed by atoms with Gasteiger partial charge in [0.05, 0.1) is 5.69 Å². The molecule has 7 heteroatoms. The molecule has 0 aromatic heterocycles. The molecular weight excluding hydrogens is 262 g/mol. The first kappa shape index (κ1) is 11.3. The smallest absolute Gasteiger partial charge is 0.395 e. The van der Waals surface area contributed by atoms with Crippen LogP contribution in [-0.2, 0) is 0 Å². The summed E-state index contributed by atoms with van der Waals surface area (Å²) in [4.78, 5) is 1.59. The Labute approximate surface area is 106 Å². The lowest BCUT2D eigenvalue weighted by atomic mass is 10.2. The number of nitrogens with zero attached hydrogens (tertiary/aromatic N) is 1. The van der Waals surface area contributed by atoms with Crippen molar-refractivity contribution in [1.29, 1.82) is 5.41 Å². The summed E-state index contributed by atoms with van der Waals surface area (Å²) in [6.07, 6.45) is -3.62. The summed E-state index contributed by atoms with van der Waals surface area (Å²) < 4.78 is 34.4. The largest absolute Gasteiger partial charge is 0.586 e. The molecule has 94 valence electrons. The topological polar surface area (TPSA) is 45.6 Å². The Balaban J connectivity index is 1.97. The van der Waals surface area contributed by atoms with Crippen molar-refractivity contribution in [2.45, 2.75) is 6.29 Å². The van der Waals surface area contributed by atoms with Crippen LogP contribution in [0.3, 0.4) is 0 Å². The molecule has 1 fully saturated rings. The van der Waals surface area contributed by atoms with E-state index in [4.69, 9.17) is 5.41 Å². The highest BCUT2D eigenvalue weighted by atomic mass is 32.2. The fourth-order valence-electron chi connectivity index (χ4n) is 1.80. The molecule has 2 heterocycles. The molecule has 0 bridgehead atoms. The standard InChI is InChI=1S/C11H8F2N2O2S/c1-6-5-18-10(14)15(6)7-2-3-8-9(4-7)17-11(12,13)16-8/h2-4,14H,1,5H2. The lowest BCUT2D eigenvalue weighted by Gasteiger charge is -2.18. The molecule has 4 nitrogen and oxygen atoms in total. The molecule has 0 radical (unpaired) electrons. The fraction of sp³-hybridized carbons (Fsp3) is 0.182. The third kappa shape index (κ3) is 1.71. The minimum atomic E-state index is -3.62. The van der Waals surface area contributed by atoms with Gasteiger partial charge in [0.1, 0.15) is 0 Å². The number of hydrogen-bond donors (Lipinski definition) is 1. The number of alkyl halides is 2. The summed E-state index contributed by atoms with van der Waals surface area (Å²) in [6.45, 7) is 3.83. The van der Waals surface area contributed by atoms with Gasteiger partial charge in [0.15, 0.2) is 16.7 Å². The van der Waals surface area contributed by atoms with Gasteiger partial charge in [-0.1, -0.05) is 18.3 Å². The van der Waals surface area contributed by atoms with Crippen molar-refractivity contribution in [1.82, 2.24) is 0 Å². The maximum atomic E-state index is 12.9. The molecule has 0 spiro atoms. The van der Waals surface area contributed by atoms with Gasteiger partial charge < -0.3 is 9.47 Å². The predicted molar refractivity (Wildman–Crippen MR) is 64.4 cm³/mol. The molecule has 0 unspecified atom stereocenters. The van der Waals surface area contributed by atoms with Crippen molar-refractivity contribution in [2.75, 3.05) is 10.7 Å². The molecule has 18 heavy (non-hydrogen) atoms. The van der Waals surface area contributed by atoms with Gasteiger partial charge in [-0.3, -0.25) is 10.3 Å². The number of amidine groups is 1. The number of anilines is 1. The highest BCUT2D eigenvalue weighted by Gasteiger charge is 2.43. The Morgan fingerprint density at radius 1 is 1.33 bits per heavy atom. The van der Waals surface area contributed by atoms with Crippen LogP contribution in [0.2, 0.25) is 0 Å². The number of nitrogens with one attached hydrogen (secondary N) is 1. The van der Waals surface area contributed by atoms with E-state index in [9.17, 15) is 8.78 Å². The number of ether oxygens (including phenoxy) is 2. The van der Waals surface area contributed by atoms with Gasteiger partial charge in [-0.2, -0.15) is 0 Å². The first-order valence-electron chi connectivity index (χ1n) is 5.05. The summed E-state index contributed by atoms with van der Waals surface area (Å²) in [5.74, 6) is 0.575. The van der Waals surface area contributed by atoms with Crippen LogP contribution < -0.4 is 14.4 Å². The third-order valence-electron chi connectivity index (χ3n) is 2.54. The van der Waals surface area contributed by atoms with Crippen LogP contribution in [0.1, 0.15) is 0 Å². The van der Waals surface area contributed by atoms with Gasteiger partial charge in [0.2, 0.25) is 0 Å². The third-order valence-corrected chi connectivity index (χ3v) is 3.47. The summed E-state index contributed by atoms with van der Waals surface area (Å²) in [5, 5.41) is 8.07. The van der Waals surface area contributed by atoms with E-state index in [1.165, 1.54) is 23.9 Å². The molecule has 0 atom stereocenters. The van der Waals surface area contributed by atoms with Crippen LogP contribution in [0, 0.1) is 5.41 Å². The lowest BCUT2D eigenvalue weighted by Crippen LogP contribution is -2.26. The van der Waals surface area contributed by atoms with Crippen LogP contribution in [0.15, 0.2) is 30.5 Å². The van der Waals surface area contributed by atoms with Gasteiger partial charge in [-0.05, 0) is 12.1 Å². The van der Waals surface area contributed by atoms with E-state index < -0.39 is 6.29 Å². The molecular formula is C11H8F2N2O2S. The molecule has 3 rings (SSSR count). The second kappa shape index (κ2) is 3.61. The minimum Gasteiger partial charge on any atom is -0.395 e. The average Bonchev–Trinajstić information content (AvgIpc) is 2.76. The van der Waals surface area contributed by atoms with Gasteiger partial charge in [-0.15, -0.1) is 8.78 Å². The Morgan fingerprint density at radius 2 is 2.06 bits per heavy atom. The van der Waals surface area contributed by atoms with E-state index in [2.05, 4.69) is 16.1 Å². The van der Waals surface area contributed by atoms with E-state index in [-0.39, 0.29) is 11.5 Å². The number of thioether (sulfide) groups is 1. The highest BCUT2D eigenvalue weighted by Crippen LogP contribution is 2.44. The quantitative estimate of drug-likeness (QED) is 0.852. The SMILES string of the molecule is C=C1CSC(=N)N1c1ccc2c(c1)OC(F)(F)O2. The Hall–Kier alpha value is -1.76. The number of hydrogen-bond acceptors (Lipinski definition) is 4. The highest BCUT2D eigenvalue weighted by molar-refractivity contribution is 8.14. The van der Waals surface area contributed by atoms with Crippen molar-refractivity contribution in [3.8, 4) is 11.5 Å². The van der Waals surface area contributed by atoms with Gasteiger partial charge in [0, 0.05) is 17.5 Å². The number of fused-ring (bicyclic) bond motifs is 1. The first-order valence-corrected chi connectivity index (χ1v) is 6.04. The second-order valence-electron chi connectivity index (χ2n) is 3.79. The number of halogens is 2. The first-order chi connectivity index (χ1) is 8.46. The van der Waals surface area contributed by atoms with Crippen LogP contribution >= 0.6 is 11.8 Å². The second-order valence-corrected chi connectivity index (χ2v) is 4.76. The van der Waals surface area contributed by atoms with E-state index in [1.807, 2.05) is 0 Å². The summed E-state index contributed by atoms with van der Waals surface area (Å²) >= 11 is 1.33. The Morgan fingerprint density at radius 3 is 2.72 bits per heavy atom. The van der Waals surface area contributed by atoms with Crippen LogP contribution in [0.5, 0.6) is 11.5 Å². The molecule has 0 aliphatic carbocycles. The molecule has 0 amide bonds. The van der Waals surface area contributed by atoms with E-state index in [1.54, 1.807) is 11.0 Å². The normalized spacial score (nSPS) is 20.7. The number of benzene rings is 1. The molecule has 2 aliphatic heterocycles. The van der Waals surface area contributed by atoms with Crippen LogP contribution in [0.25, 0.3) is 0 Å². The lowest BCUT2D eigenvalue weighted by molar-refractivity contribution is -0.286. The molecule has 0 saturated carbocycles. The monoisotopic (exact) mass is 270 g/mol. The van der Waals surface area contributed by atoms with Crippen LogP contribution in [-0.4, -0.2) is 17.2 Å². The van der Waals surface area contributed by atoms with Crippen molar-refractivity contribution >= 4 is 22.6 Å². The van der Waals surface area contributed by atoms with E-state index in [0.717, 1.165) is 5.70 Å².